The van der Waals surface area contributed by atoms with Gasteiger partial charge in [0, 0.05) is 18.7 Å². The summed E-state index contributed by atoms with van der Waals surface area (Å²) in [5.74, 6) is -0.852. The molecule has 0 saturated carbocycles. The SMILES string of the molecule is CC(C)CC(NC(=O)OCc1ccccc1)C(=O)N1CCC2C1C(=O)CN2S(=O)(=O)c1cccc[n+]1[O-]. The standard InChI is InChI=1S/C25H30N4O7S/c1-17(2)14-19(26-25(32)36-16-18-8-4-3-5-9-18)24(31)27-13-11-20-23(27)21(30)15-29(20)37(34,35)22-10-6-7-12-28(22)33/h3-10,12,17,19-20,23H,11,13-16H2,1-2H3,(H,26,32). The summed E-state index contributed by atoms with van der Waals surface area (Å²) in [6.45, 7) is 3.55. The van der Waals surface area contributed by atoms with E-state index in [9.17, 15) is 28.0 Å². The van der Waals surface area contributed by atoms with Crippen LogP contribution in [0.1, 0.15) is 32.3 Å². The third-order valence-corrected chi connectivity index (χ3v) is 8.39. The number of sulfonamides is 1. The lowest BCUT2D eigenvalue weighted by Crippen LogP contribution is -2.53. The van der Waals surface area contributed by atoms with E-state index in [0.717, 1.165) is 16.1 Å². The number of alkyl carbamates (subject to hydrolysis) is 1. The number of nitrogens with one attached hydrogen (secondary N) is 1. The topological polar surface area (TPSA) is 140 Å². The average molecular weight is 531 g/mol. The summed E-state index contributed by atoms with van der Waals surface area (Å²) < 4.78 is 32.9. The number of rotatable bonds is 8. The molecule has 3 atom stereocenters. The summed E-state index contributed by atoms with van der Waals surface area (Å²) in [7, 11) is -4.26. The van der Waals surface area contributed by atoms with Crippen LogP contribution < -0.4 is 10.0 Å². The fraction of sp³-hybridized carbons (Fsp3) is 0.440. The third-order valence-electron chi connectivity index (χ3n) is 6.53. The highest BCUT2D eigenvalue weighted by atomic mass is 32.2. The molecule has 198 valence electrons. The molecule has 2 aliphatic rings. The lowest BCUT2D eigenvalue weighted by atomic mass is 10.0. The highest BCUT2D eigenvalue weighted by Gasteiger charge is 2.55. The first-order valence-corrected chi connectivity index (χ1v) is 13.5. The Morgan fingerprint density at radius 3 is 2.54 bits per heavy atom. The molecule has 11 nitrogen and oxygen atoms in total. The molecular weight excluding hydrogens is 500 g/mol. The van der Waals surface area contributed by atoms with Gasteiger partial charge in [-0.05, 0) is 30.4 Å². The molecule has 0 radical (unpaired) electrons. The van der Waals surface area contributed by atoms with Crippen LogP contribution in [-0.4, -0.2) is 66.6 Å². The first-order chi connectivity index (χ1) is 17.6. The number of nitrogens with zero attached hydrogens (tertiary/aromatic N) is 3. The maximum Gasteiger partial charge on any atom is 0.408 e. The minimum Gasteiger partial charge on any atom is -0.618 e. The van der Waals surface area contributed by atoms with Crippen LogP contribution in [0.2, 0.25) is 0 Å². The summed E-state index contributed by atoms with van der Waals surface area (Å²) in [4.78, 5) is 40.4. The molecule has 2 saturated heterocycles. The summed E-state index contributed by atoms with van der Waals surface area (Å²) in [5.41, 5.74) is 0.794. The monoisotopic (exact) mass is 530 g/mol. The van der Waals surface area contributed by atoms with Gasteiger partial charge in [-0.3, -0.25) is 9.59 Å². The number of benzene rings is 1. The smallest absolute Gasteiger partial charge is 0.408 e. The molecule has 2 aromatic rings. The van der Waals surface area contributed by atoms with E-state index >= 15 is 0 Å². The van der Waals surface area contributed by atoms with Crippen molar-refractivity contribution in [3.63, 3.8) is 0 Å². The molecule has 2 amide bonds. The van der Waals surface area contributed by atoms with Gasteiger partial charge in [-0.1, -0.05) is 44.2 Å². The molecule has 1 aromatic heterocycles. The first kappa shape index (κ1) is 26.6. The molecule has 0 spiro atoms. The van der Waals surface area contributed by atoms with Gasteiger partial charge < -0.3 is 20.2 Å². The largest absolute Gasteiger partial charge is 0.618 e. The number of ketones is 1. The minimum atomic E-state index is -4.26. The van der Waals surface area contributed by atoms with Crippen molar-refractivity contribution >= 4 is 27.8 Å². The highest BCUT2D eigenvalue weighted by molar-refractivity contribution is 7.89. The fourth-order valence-electron chi connectivity index (χ4n) is 4.87. The highest BCUT2D eigenvalue weighted by Crippen LogP contribution is 2.34. The lowest BCUT2D eigenvalue weighted by molar-refractivity contribution is -0.646. The van der Waals surface area contributed by atoms with Crippen molar-refractivity contribution in [2.24, 2.45) is 5.92 Å². The van der Waals surface area contributed by atoms with Crippen LogP contribution in [0.15, 0.2) is 59.8 Å². The number of fused-ring (bicyclic) bond motifs is 1. The lowest BCUT2D eigenvalue weighted by Gasteiger charge is -2.28. The Bertz CT molecular complexity index is 1270. The van der Waals surface area contributed by atoms with Gasteiger partial charge in [-0.2, -0.15) is 9.04 Å². The molecule has 12 heteroatoms. The number of carbonyl (C=O) groups is 3. The molecule has 2 aliphatic heterocycles. The Labute approximate surface area is 215 Å². The van der Waals surface area contributed by atoms with Crippen LogP contribution in [0.4, 0.5) is 4.79 Å². The molecule has 3 unspecified atom stereocenters. The summed E-state index contributed by atoms with van der Waals surface area (Å²) >= 11 is 0. The molecule has 4 rings (SSSR count). The Kier molecular flexibility index (Phi) is 7.79. The van der Waals surface area contributed by atoms with E-state index in [1.54, 1.807) is 0 Å². The van der Waals surface area contributed by atoms with Gasteiger partial charge in [-0.25, -0.2) is 13.2 Å². The van der Waals surface area contributed by atoms with Gasteiger partial charge in [0.25, 0.3) is 0 Å². The minimum absolute atomic E-state index is 0.0359. The molecular formula is C25H30N4O7S. The zero-order valence-corrected chi connectivity index (χ0v) is 21.5. The van der Waals surface area contributed by atoms with Crippen molar-refractivity contribution in [3.05, 3.63) is 65.5 Å². The van der Waals surface area contributed by atoms with Gasteiger partial charge >= 0.3 is 21.1 Å². The van der Waals surface area contributed by atoms with Gasteiger partial charge in [-0.15, -0.1) is 0 Å². The number of carbonyl (C=O) groups excluding carboxylic acids is 3. The van der Waals surface area contributed by atoms with E-state index in [2.05, 4.69) is 5.32 Å². The number of hydrogen-bond donors (Lipinski definition) is 1. The predicted octanol–water partition coefficient (Wildman–Crippen LogP) is 1.20. The summed E-state index contributed by atoms with van der Waals surface area (Å²) in [6, 6.07) is 10.4. The zero-order chi connectivity index (χ0) is 26.7. The number of aromatic nitrogens is 1. The van der Waals surface area contributed by atoms with Crippen molar-refractivity contribution in [2.75, 3.05) is 13.1 Å². The van der Waals surface area contributed by atoms with E-state index in [1.165, 1.54) is 23.1 Å². The molecule has 2 fully saturated rings. The van der Waals surface area contributed by atoms with Crippen molar-refractivity contribution < 1.29 is 32.3 Å². The molecule has 37 heavy (non-hydrogen) atoms. The number of amides is 2. The van der Waals surface area contributed by atoms with Crippen molar-refractivity contribution in [3.8, 4) is 0 Å². The normalized spacial score (nSPS) is 20.6. The van der Waals surface area contributed by atoms with Crippen LogP contribution in [0.3, 0.4) is 0 Å². The van der Waals surface area contributed by atoms with Crippen LogP contribution in [0.25, 0.3) is 0 Å². The molecule has 0 bridgehead atoms. The van der Waals surface area contributed by atoms with E-state index < -0.39 is 57.5 Å². The second kappa shape index (κ2) is 10.9. The van der Waals surface area contributed by atoms with Crippen LogP contribution >= 0.6 is 0 Å². The van der Waals surface area contributed by atoms with Gasteiger partial charge in [0.1, 0.15) is 18.7 Å². The summed E-state index contributed by atoms with van der Waals surface area (Å²) in [6.07, 6.45) is 0.861. The van der Waals surface area contributed by atoms with Crippen LogP contribution in [0, 0.1) is 11.1 Å². The van der Waals surface area contributed by atoms with Crippen LogP contribution in [0.5, 0.6) is 0 Å². The number of hydrogen-bond acceptors (Lipinski definition) is 7. The Hall–Kier alpha value is -3.51. The second-order valence-electron chi connectivity index (χ2n) is 9.60. The molecule has 1 N–H and O–H groups in total. The number of likely N-dealkylation sites (tertiary alicyclic amines) is 1. The van der Waals surface area contributed by atoms with E-state index in [1.807, 2.05) is 44.2 Å². The van der Waals surface area contributed by atoms with E-state index in [-0.39, 0.29) is 30.2 Å². The Morgan fingerprint density at radius 1 is 1.16 bits per heavy atom. The second-order valence-corrected chi connectivity index (χ2v) is 11.4. The number of ether oxygens (including phenoxy) is 1. The zero-order valence-electron chi connectivity index (χ0n) is 20.6. The first-order valence-electron chi connectivity index (χ1n) is 12.1. The Morgan fingerprint density at radius 2 is 1.86 bits per heavy atom. The quantitative estimate of drug-likeness (QED) is 0.400. The van der Waals surface area contributed by atoms with Gasteiger partial charge in [0.15, 0.2) is 12.0 Å². The predicted molar refractivity (Wildman–Crippen MR) is 131 cm³/mol. The number of pyridine rings is 1. The molecule has 3 heterocycles. The van der Waals surface area contributed by atoms with Gasteiger partial charge in [0.05, 0.1) is 12.6 Å². The summed E-state index contributed by atoms with van der Waals surface area (Å²) in [5, 5.41) is 14.3. The maximum atomic E-state index is 13.5. The Balaban J connectivity index is 1.48. The van der Waals surface area contributed by atoms with Crippen molar-refractivity contribution in [1.82, 2.24) is 14.5 Å². The fourth-order valence-corrected chi connectivity index (χ4v) is 6.53. The maximum absolute atomic E-state index is 13.5. The van der Waals surface area contributed by atoms with Crippen LogP contribution in [-0.2, 0) is 31.0 Å². The van der Waals surface area contributed by atoms with E-state index in [0.29, 0.717) is 6.42 Å². The average Bonchev–Trinajstić information content (AvgIpc) is 3.44. The molecule has 0 aliphatic carbocycles. The van der Waals surface area contributed by atoms with Crippen molar-refractivity contribution in [2.45, 2.75) is 56.4 Å². The number of Topliss-reactive ketones (excluding diaryl/α,β-unsaturated/α-hetero) is 1. The van der Waals surface area contributed by atoms with Gasteiger partial charge in [0.2, 0.25) is 5.91 Å². The van der Waals surface area contributed by atoms with Crippen molar-refractivity contribution in [1.29, 1.82) is 0 Å². The molecule has 1 aromatic carbocycles. The van der Waals surface area contributed by atoms with E-state index in [4.69, 9.17) is 4.74 Å². The third kappa shape index (κ3) is 5.59.